The first-order valence-electron chi connectivity index (χ1n) is 9.00. The first-order chi connectivity index (χ1) is 12.4. The maximum absolute atomic E-state index is 12.9. The molecule has 0 aromatic heterocycles. The molecule has 1 aromatic carbocycles. The maximum atomic E-state index is 12.9. The van der Waals surface area contributed by atoms with Crippen LogP contribution in [0.3, 0.4) is 0 Å². The number of hydrogen-bond donors (Lipinski definition) is 1. The molecule has 1 spiro atoms. The largest absolute Gasteiger partial charge is 0.348 e. The third kappa shape index (κ3) is 3.18. The molecule has 1 saturated carbocycles. The zero-order valence-electron chi connectivity index (χ0n) is 15.1. The van der Waals surface area contributed by atoms with Gasteiger partial charge in [0.05, 0.1) is 6.04 Å². The van der Waals surface area contributed by atoms with Crippen LogP contribution in [0.4, 0.5) is 4.79 Å². The molecule has 1 atom stereocenters. The van der Waals surface area contributed by atoms with Gasteiger partial charge < -0.3 is 10.2 Å². The van der Waals surface area contributed by atoms with Crippen molar-refractivity contribution in [2.75, 3.05) is 13.6 Å². The van der Waals surface area contributed by atoms with Gasteiger partial charge in [-0.1, -0.05) is 49.1 Å². The van der Waals surface area contributed by atoms with Crippen molar-refractivity contribution in [3.05, 3.63) is 34.9 Å². The number of halogens is 1. The molecule has 1 saturated heterocycles. The van der Waals surface area contributed by atoms with Gasteiger partial charge in [-0.15, -0.1) is 0 Å². The van der Waals surface area contributed by atoms with Crippen molar-refractivity contribution in [3.63, 3.8) is 0 Å². The second-order valence-corrected chi connectivity index (χ2v) is 7.54. The minimum atomic E-state index is -0.760. The second-order valence-electron chi connectivity index (χ2n) is 7.14. The molecule has 1 aliphatic heterocycles. The molecule has 0 unspecified atom stereocenters. The van der Waals surface area contributed by atoms with E-state index in [1.54, 1.807) is 13.1 Å². The lowest BCUT2D eigenvalue weighted by Crippen LogP contribution is -2.49. The van der Waals surface area contributed by atoms with Gasteiger partial charge in [-0.05, 0) is 31.4 Å². The Labute approximate surface area is 158 Å². The predicted molar refractivity (Wildman–Crippen MR) is 98.7 cm³/mol. The smallest absolute Gasteiger partial charge is 0.327 e. The number of rotatable bonds is 4. The Hall–Kier alpha value is -2.08. The molecule has 0 radical (unpaired) electrons. The van der Waals surface area contributed by atoms with Gasteiger partial charge in [0.1, 0.15) is 12.1 Å². The summed E-state index contributed by atoms with van der Waals surface area (Å²) in [4.78, 5) is 40.5. The molecule has 26 heavy (non-hydrogen) atoms. The molecule has 2 aliphatic rings. The van der Waals surface area contributed by atoms with E-state index in [4.69, 9.17) is 11.6 Å². The van der Waals surface area contributed by atoms with Crippen molar-refractivity contribution in [1.82, 2.24) is 15.1 Å². The van der Waals surface area contributed by atoms with Gasteiger partial charge in [0.15, 0.2) is 0 Å². The molecule has 6 nitrogen and oxygen atoms in total. The van der Waals surface area contributed by atoms with Gasteiger partial charge in [-0.2, -0.15) is 0 Å². The van der Waals surface area contributed by atoms with Crippen molar-refractivity contribution in [2.24, 2.45) is 0 Å². The van der Waals surface area contributed by atoms with E-state index < -0.39 is 11.6 Å². The summed E-state index contributed by atoms with van der Waals surface area (Å²) in [6.45, 7) is 1.56. The lowest BCUT2D eigenvalue weighted by molar-refractivity contribution is -0.137. The molecule has 0 bridgehead atoms. The number of amides is 4. The monoisotopic (exact) mass is 377 g/mol. The molecule has 2 fully saturated rings. The Morgan fingerprint density at radius 1 is 1.23 bits per heavy atom. The number of carbonyl (C=O) groups excluding carboxylic acids is 3. The van der Waals surface area contributed by atoms with Crippen molar-refractivity contribution in [1.29, 1.82) is 0 Å². The number of hydrogen-bond acceptors (Lipinski definition) is 3. The van der Waals surface area contributed by atoms with Gasteiger partial charge >= 0.3 is 6.03 Å². The number of nitrogens with one attached hydrogen (secondary N) is 1. The fourth-order valence-electron chi connectivity index (χ4n) is 4.01. The normalized spacial score (nSPS) is 20.6. The average Bonchev–Trinajstić information content (AvgIpc) is 2.79. The first-order valence-corrected chi connectivity index (χ1v) is 9.38. The van der Waals surface area contributed by atoms with Gasteiger partial charge in [-0.3, -0.25) is 14.5 Å². The Balaban J connectivity index is 1.68. The number of imide groups is 1. The third-order valence-corrected chi connectivity index (χ3v) is 5.88. The number of benzene rings is 1. The van der Waals surface area contributed by atoms with Crippen LogP contribution in [-0.4, -0.2) is 46.8 Å². The van der Waals surface area contributed by atoms with Crippen LogP contribution in [-0.2, 0) is 9.59 Å². The Morgan fingerprint density at radius 2 is 1.88 bits per heavy atom. The zero-order chi connectivity index (χ0) is 18.9. The summed E-state index contributed by atoms with van der Waals surface area (Å²) in [5.74, 6) is -0.620. The maximum Gasteiger partial charge on any atom is 0.327 e. The van der Waals surface area contributed by atoms with Crippen LogP contribution in [0, 0.1) is 0 Å². The van der Waals surface area contributed by atoms with Crippen LogP contribution in [0.25, 0.3) is 0 Å². The average molecular weight is 378 g/mol. The molecule has 1 aliphatic carbocycles. The second kappa shape index (κ2) is 7.27. The third-order valence-electron chi connectivity index (χ3n) is 5.53. The molecule has 1 heterocycles. The van der Waals surface area contributed by atoms with Crippen molar-refractivity contribution in [2.45, 2.75) is 50.6 Å². The van der Waals surface area contributed by atoms with E-state index in [9.17, 15) is 14.4 Å². The Morgan fingerprint density at radius 3 is 2.54 bits per heavy atom. The molecule has 1 aromatic rings. The lowest BCUT2D eigenvalue weighted by atomic mass is 9.81. The van der Waals surface area contributed by atoms with Crippen LogP contribution in [0.5, 0.6) is 0 Å². The van der Waals surface area contributed by atoms with E-state index >= 15 is 0 Å². The first kappa shape index (κ1) is 18.7. The molecule has 7 heteroatoms. The van der Waals surface area contributed by atoms with Crippen LogP contribution >= 0.6 is 11.6 Å². The van der Waals surface area contributed by atoms with Crippen LogP contribution in [0.15, 0.2) is 24.3 Å². The fourth-order valence-corrected chi connectivity index (χ4v) is 4.31. The van der Waals surface area contributed by atoms with E-state index in [0.717, 1.165) is 29.7 Å². The van der Waals surface area contributed by atoms with E-state index in [1.807, 2.05) is 25.1 Å². The summed E-state index contributed by atoms with van der Waals surface area (Å²) < 4.78 is 0. The topological polar surface area (TPSA) is 69.7 Å². The highest BCUT2D eigenvalue weighted by Crippen LogP contribution is 2.39. The summed E-state index contributed by atoms with van der Waals surface area (Å²) in [6.07, 6.45) is 4.26. The molecular weight excluding hydrogens is 354 g/mol. The number of likely N-dealkylation sites (N-methyl/N-ethyl adjacent to an activating group) is 1. The quantitative estimate of drug-likeness (QED) is 0.819. The van der Waals surface area contributed by atoms with E-state index in [0.29, 0.717) is 17.9 Å². The van der Waals surface area contributed by atoms with E-state index in [1.165, 1.54) is 4.90 Å². The highest BCUT2D eigenvalue weighted by atomic mass is 35.5. The standard InChI is InChI=1S/C19H24ClN3O3/c1-13(14-8-4-5-9-15(14)20)21-16(24)12-23-17(25)19(22(2)18(23)26)10-6-3-7-11-19/h4-5,8-9,13H,3,6-7,10-12H2,1-2H3,(H,21,24)/t13-/m1/s1. The van der Waals surface area contributed by atoms with E-state index in [2.05, 4.69) is 5.32 Å². The number of nitrogens with zero attached hydrogens (tertiary/aromatic N) is 2. The Bertz CT molecular complexity index is 730. The molecule has 140 valence electrons. The van der Waals surface area contributed by atoms with Crippen molar-refractivity contribution >= 4 is 29.4 Å². The van der Waals surface area contributed by atoms with Gasteiger partial charge in [0.25, 0.3) is 5.91 Å². The minimum absolute atomic E-state index is 0.245. The summed E-state index contributed by atoms with van der Waals surface area (Å²) in [5.41, 5.74) is 0.0340. The molecule has 1 N–H and O–H groups in total. The number of carbonyl (C=O) groups is 3. The molecule has 3 rings (SSSR count). The molecule has 4 amide bonds. The zero-order valence-corrected chi connectivity index (χ0v) is 15.9. The predicted octanol–water partition coefficient (Wildman–Crippen LogP) is 3.11. The van der Waals surface area contributed by atoms with Crippen LogP contribution < -0.4 is 5.32 Å². The summed E-state index contributed by atoms with van der Waals surface area (Å²) in [6, 6.07) is 6.56. The Kier molecular flexibility index (Phi) is 5.23. The van der Waals surface area contributed by atoms with Gasteiger partial charge in [0, 0.05) is 12.1 Å². The van der Waals surface area contributed by atoms with E-state index in [-0.39, 0.29) is 24.4 Å². The van der Waals surface area contributed by atoms with Crippen molar-refractivity contribution in [3.8, 4) is 0 Å². The lowest BCUT2D eigenvalue weighted by Gasteiger charge is -2.35. The van der Waals surface area contributed by atoms with Gasteiger partial charge in [-0.25, -0.2) is 4.79 Å². The van der Waals surface area contributed by atoms with Crippen LogP contribution in [0.1, 0.15) is 50.6 Å². The fraction of sp³-hybridized carbons (Fsp3) is 0.526. The summed E-state index contributed by atoms with van der Waals surface area (Å²) in [7, 11) is 1.66. The highest BCUT2D eigenvalue weighted by Gasteiger charge is 2.55. The van der Waals surface area contributed by atoms with Gasteiger partial charge in [0.2, 0.25) is 5.91 Å². The summed E-state index contributed by atoms with van der Waals surface area (Å²) in [5, 5.41) is 3.39. The van der Waals surface area contributed by atoms with Crippen molar-refractivity contribution < 1.29 is 14.4 Å². The number of urea groups is 1. The highest BCUT2D eigenvalue weighted by molar-refractivity contribution is 6.31. The van der Waals surface area contributed by atoms with Crippen LogP contribution in [0.2, 0.25) is 5.02 Å². The minimum Gasteiger partial charge on any atom is -0.348 e. The molecular formula is C19H24ClN3O3. The SMILES string of the molecule is C[C@@H](NC(=O)CN1C(=O)N(C)C2(CCCCC2)C1=O)c1ccccc1Cl. The summed E-state index contributed by atoms with van der Waals surface area (Å²) >= 11 is 6.16.